The van der Waals surface area contributed by atoms with E-state index >= 15 is 0 Å². The lowest BCUT2D eigenvalue weighted by molar-refractivity contribution is 0.0944. The van der Waals surface area contributed by atoms with E-state index in [0.717, 1.165) is 37.0 Å². The Hall–Kier alpha value is -2.28. The minimum absolute atomic E-state index is 0.0820. The van der Waals surface area contributed by atoms with Crippen LogP contribution in [0, 0.1) is 12.8 Å². The van der Waals surface area contributed by atoms with Crippen LogP contribution in [0.15, 0.2) is 18.2 Å². The van der Waals surface area contributed by atoms with Crippen LogP contribution >= 0.6 is 0 Å². The molecule has 0 bridgehead atoms. The lowest BCUT2D eigenvalue weighted by atomic mass is 9.92. The first kappa shape index (κ1) is 20.0. The molecular formula is C19H28N2O5. The topological polar surface area (TPSA) is 99.1 Å². The fourth-order valence-electron chi connectivity index (χ4n) is 3.22. The highest BCUT2D eigenvalue weighted by molar-refractivity contribution is 5.95. The van der Waals surface area contributed by atoms with E-state index in [1.54, 1.807) is 12.1 Å². The van der Waals surface area contributed by atoms with Crippen LogP contribution in [0.1, 0.15) is 41.6 Å². The van der Waals surface area contributed by atoms with Crippen molar-refractivity contribution in [3.05, 3.63) is 29.3 Å². The van der Waals surface area contributed by atoms with Gasteiger partial charge in [0, 0.05) is 25.2 Å². The molecule has 2 amide bonds. The summed E-state index contributed by atoms with van der Waals surface area (Å²) in [5.74, 6) is 1.10. The van der Waals surface area contributed by atoms with Crippen molar-refractivity contribution in [1.82, 2.24) is 10.2 Å². The van der Waals surface area contributed by atoms with Crippen LogP contribution in [-0.2, 0) is 0 Å². The number of nitrogens with one attached hydrogen (secondary N) is 1. The van der Waals surface area contributed by atoms with Gasteiger partial charge in [-0.1, -0.05) is 0 Å². The van der Waals surface area contributed by atoms with E-state index in [-0.39, 0.29) is 19.1 Å². The summed E-state index contributed by atoms with van der Waals surface area (Å²) in [6.07, 6.45) is 2.98. The van der Waals surface area contributed by atoms with Gasteiger partial charge < -0.3 is 25.2 Å². The Morgan fingerprint density at radius 1 is 1.31 bits per heavy atom. The third kappa shape index (κ3) is 5.91. The number of carboxylic acid groups (broad SMARTS) is 1. The van der Waals surface area contributed by atoms with E-state index in [1.165, 1.54) is 4.90 Å². The maximum Gasteiger partial charge on any atom is 0.407 e. The predicted octanol–water partition coefficient (Wildman–Crippen LogP) is 2.27. The zero-order chi connectivity index (χ0) is 18.9. The highest BCUT2D eigenvalue weighted by atomic mass is 16.5. The van der Waals surface area contributed by atoms with Gasteiger partial charge in [-0.3, -0.25) is 4.79 Å². The zero-order valence-corrected chi connectivity index (χ0v) is 15.2. The Morgan fingerprint density at radius 2 is 2.04 bits per heavy atom. The van der Waals surface area contributed by atoms with Gasteiger partial charge in [-0.05, 0) is 62.3 Å². The van der Waals surface area contributed by atoms with Gasteiger partial charge >= 0.3 is 6.09 Å². The van der Waals surface area contributed by atoms with Crippen LogP contribution in [0.25, 0.3) is 0 Å². The summed E-state index contributed by atoms with van der Waals surface area (Å²) in [5.41, 5.74) is 1.41. The third-order valence-electron chi connectivity index (χ3n) is 4.75. The number of hydrogen-bond acceptors (Lipinski definition) is 4. The average Bonchev–Trinajstić information content (AvgIpc) is 2.63. The molecule has 0 radical (unpaired) electrons. The molecule has 1 aliphatic heterocycles. The van der Waals surface area contributed by atoms with Gasteiger partial charge in [-0.15, -0.1) is 0 Å². The van der Waals surface area contributed by atoms with Gasteiger partial charge in [-0.2, -0.15) is 0 Å². The zero-order valence-electron chi connectivity index (χ0n) is 15.2. The number of carbonyl (C=O) groups excluding carboxylic acids is 1. The summed E-state index contributed by atoms with van der Waals surface area (Å²) in [7, 11) is 0. The monoisotopic (exact) mass is 364 g/mol. The van der Waals surface area contributed by atoms with Crippen LogP contribution in [0.2, 0.25) is 0 Å². The molecule has 0 unspecified atom stereocenters. The van der Waals surface area contributed by atoms with Crippen LogP contribution in [0.4, 0.5) is 4.79 Å². The van der Waals surface area contributed by atoms with Gasteiger partial charge in [0.1, 0.15) is 5.75 Å². The molecule has 1 aromatic rings. The Kier molecular flexibility index (Phi) is 7.72. The molecule has 0 atom stereocenters. The Balaban J connectivity index is 1.71. The van der Waals surface area contributed by atoms with E-state index in [2.05, 4.69) is 5.32 Å². The van der Waals surface area contributed by atoms with Crippen LogP contribution in [0.3, 0.4) is 0 Å². The number of hydrogen-bond donors (Lipinski definition) is 3. The van der Waals surface area contributed by atoms with E-state index in [1.807, 2.05) is 13.0 Å². The summed E-state index contributed by atoms with van der Waals surface area (Å²) in [5, 5.41) is 20.4. The smallest absolute Gasteiger partial charge is 0.407 e. The number of carbonyl (C=O) groups is 2. The predicted molar refractivity (Wildman–Crippen MR) is 97.6 cm³/mol. The van der Waals surface area contributed by atoms with Crippen molar-refractivity contribution < 1.29 is 24.5 Å². The number of piperidine rings is 1. The maximum absolute atomic E-state index is 11.9. The lowest BCUT2D eigenvalue weighted by Gasteiger charge is -2.29. The quantitative estimate of drug-likeness (QED) is 0.615. The minimum atomic E-state index is -0.823. The molecule has 7 heteroatoms. The number of amides is 2. The first-order valence-electron chi connectivity index (χ1n) is 9.11. The molecule has 0 spiro atoms. The molecule has 1 saturated heterocycles. The number of ether oxygens (including phenoxy) is 1. The van der Waals surface area contributed by atoms with Gasteiger partial charge in [0.2, 0.25) is 0 Å². The molecular weight excluding hydrogens is 336 g/mol. The fourth-order valence-corrected chi connectivity index (χ4v) is 3.22. The first-order chi connectivity index (χ1) is 12.5. The molecule has 0 aromatic heterocycles. The molecule has 7 nitrogen and oxygen atoms in total. The summed E-state index contributed by atoms with van der Waals surface area (Å²) in [4.78, 5) is 24.3. The van der Waals surface area contributed by atoms with E-state index in [9.17, 15) is 9.59 Å². The molecule has 1 aromatic carbocycles. The molecule has 1 aliphatic rings. The van der Waals surface area contributed by atoms with Crippen molar-refractivity contribution in [3.63, 3.8) is 0 Å². The summed E-state index contributed by atoms with van der Waals surface area (Å²) < 4.78 is 5.78. The highest BCUT2D eigenvalue weighted by Gasteiger charge is 2.21. The molecule has 2 rings (SSSR count). The molecule has 3 N–H and O–H groups in total. The number of aliphatic hydroxyl groups excluding tert-OH is 1. The molecule has 26 heavy (non-hydrogen) atoms. The minimum Gasteiger partial charge on any atom is -0.494 e. The normalized spacial score (nSPS) is 14.9. The number of benzene rings is 1. The number of nitrogens with zero attached hydrogens (tertiary/aromatic N) is 1. The SMILES string of the molecule is Cc1cc(OCCCC2CCN(C(=O)O)CC2)ccc1C(=O)NCCO. The Bertz CT molecular complexity index is 612. The average molecular weight is 364 g/mol. The number of aryl methyl sites for hydroxylation is 1. The van der Waals surface area contributed by atoms with Gasteiger partial charge in [0.05, 0.1) is 13.2 Å². The number of aliphatic hydroxyl groups is 1. The molecule has 0 aliphatic carbocycles. The van der Waals surface area contributed by atoms with Gasteiger partial charge in [-0.25, -0.2) is 4.79 Å². The number of rotatable bonds is 8. The fraction of sp³-hybridized carbons (Fsp3) is 0.579. The molecule has 144 valence electrons. The summed E-state index contributed by atoms with van der Waals surface area (Å²) in [6, 6.07) is 5.37. The molecule has 0 saturated carbocycles. The molecule has 1 fully saturated rings. The second kappa shape index (κ2) is 10.0. The first-order valence-corrected chi connectivity index (χ1v) is 9.11. The van der Waals surface area contributed by atoms with Gasteiger partial charge in [0.25, 0.3) is 5.91 Å². The van der Waals surface area contributed by atoms with Crippen molar-refractivity contribution >= 4 is 12.0 Å². The number of likely N-dealkylation sites (tertiary alicyclic amines) is 1. The van der Waals surface area contributed by atoms with E-state index in [0.29, 0.717) is 31.2 Å². The Labute approximate surface area is 154 Å². The van der Waals surface area contributed by atoms with Crippen molar-refractivity contribution in [2.24, 2.45) is 5.92 Å². The summed E-state index contributed by atoms with van der Waals surface area (Å²) >= 11 is 0. The highest BCUT2D eigenvalue weighted by Crippen LogP contribution is 2.23. The van der Waals surface area contributed by atoms with Crippen molar-refractivity contribution in [2.75, 3.05) is 32.8 Å². The second-order valence-electron chi connectivity index (χ2n) is 6.66. The van der Waals surface area contributed by atoms with Crippen molar-refractivity contribution in [2.45, 2.75) is 32.6 Å². The maximum atomic E-state index is 11.9. The Morgan fingerprint density at radius 3 is 2.65 bits per heavy atom. The third-order valence-corrected chi connectivity index (χ3v) is 4.75. The van der Waals surface area contributed by atoms with Crippen molar-refractivity contribution in [3.8, 4) is 5.75 Å². The van der Waals surface area contributed by atoms with E-state index in [4.69, 9.17) is 14.9 Å². The molecule has 1 heterocycles. The van der Waals surface area contributed by atoms with Crippen LogP contribution in [0.5, 0.6) is 5.75 Å². The standard InChI is InChI=1S/C19H28N2O5/c1-14-13-16(4-5-17(14)18(23)20-8-11-22)26-12-2-3-15-6-9-21(10-7-15)19(24)25/h4-5,13,15,22H,2-3,6-12H2,1H3,(H,20,23)(H,24,25). The largest absolute Gasteiger partial charge is 0.494 e. The van der Waals surface area contributed by atoms with E-state index < -0.39 is 6.09 Å². The summed E-state index contributed by atoms with van der Waals surface area (Å²) in [6.45, 7) is 3.87. The lowest BCUT2D eigenvalue weighted by Crippen LogP contribution is -2.37. The van der Waals surface area contributed by atoms with Crippen LogP contribution < -0.4 is 10.1 Å². The van der Waals surface area contributed by atoms with Crippen molar-refractivity contribution in [1.29, 1.82) is 0 Å². The van der Waals surface area contributed by atoms with Gasteiger partial charge in [0.15, 0.2) is 0 Å². The van der Waals surface area contributed by atoms with Crippen LogP contribution in [-0.4, -0.2) is 60.0 Å². The second-order valence-corrected chi connectivity index (χ2v) is 6.66.